The topological polar surface area (TPSA) is 70.1 Å². The summed E-state index contributed by atoms with van der Waals surface area (Å²) < 4.78 is 7.36. The van der Waals surface area contributed by atoms with Gasteiger partial charge < -0.3 is 10.5 Å². The van der Waals surface area contributed by atoms with E-state index in [0.717, 1.165) is 11.4 Å². The van der Waals surface area contributed by atoms with Crippen LogP contribution >= 0.6 is 11.6 Å². The molecule has 0 bridgehead atoms. The Labute approximate surface area is 122 Å². The van der Waals surface area contributed by atoms with Crippen LogP contribution in [0.4, 0.5) is 5.69 Å². The van der Waals surface area contributed by atoms with Crippen LogP contribution in [-0.2, 0) is 13.7 Å². The van der Waals surface area contributed by atoms with Crippen LogP contribution in [0.1, 0.15) is 28.7 Å². The molecule has 0 saturated heterocycles. The lowest BCUT2D eigenvalue weighted by atomic mass is 10.1. The molecule has 0 atom stereocenters. The lowest BCUT2D eigenvalue weighted by Gasteiger charge is -2.11. The molecule has 2 aromatic rings. The van der Waals surface area contributed by atoms with Crippen molar-refractivity contribution < 1.29 is 9.53 Å². The number of hydrogen-bond donors (Lipinski definition) is 1. The first-order valence-corrected chi connectivity index (χ1v) is 6.49. The molecule has 0 radical (unpaired) electrons. The van der Waals surface area contributed by atoms with E-state index in [-0.39, 0.29) is 12.4 Å². The molecule has 0 aliphatic rings. The van der Waals surface area contributed by atoms with Crippen molar-refractivity contribution in [3.63, 3.8) is 0 Å². The standard InChI is InChI=1S/C14H16ClN3O2/c1-8-14(15)12(18(3)17-8)7-20-13-5-4-10(16)6-11(13)9(2)19/h4-6H,7,16H2,1-3H3. The number of nitrogens with two attached hydrogens (primary N) is 1. The lowest BCUT2D eigenvalue weighted by Crippen LogP contribution is -2.06. The number of hydrogen-bond acceptors (Lipinski definition) is 4. The highest BCUT2D eigenvalue weighted by Crippen LogP contribution is 2.25. The predicted octanol–water partition coefficient (Wildman–Crippen LogP) is 2.75. The van der Waals surface area contributed by atoms with E-state index in [1.807, 2.05) is 6.92 Å². The third-order valence-corrected chi connectivity index (χ3v) is 3.50. The number of anilines is 1. The van der Waals surface area contributed by atoms with Gasteiger partial charge in [-0.05, 0) is 32.0 Å². The number of carbonyl (C=O) groups is 1. The molecule has 20 heavy (non-hydrogen) atoms. The van der Waals surface area contributed by atoms with Gasteiger partial charge in [-0.1, -0.05) is 11.6 Å². The Bertz CT molecular complexity index is 665. The number of nitrogens with zero attached hydrogens (tertiary/aromatic N) is 2. The SMILES string of the molecule is CC(=O)c1cc(N)ccc1OCc1c(Cl)c(C)nn1C. The number of nitrogen functional groups attached to an aromatic ring is 1. The van der Waals surface area contributed by atoms with Gasteiger partial charge in [0.2, 0.25) is 0 Å². The van der Waals surface area contributed by atoms with Crippen molar-refractivity contribution >= 4 is 23.1 Å². The molecule has 6 heteroatoms. The van der Waals surface area contributed by atoms with Gasteiger partial charge in [0, 0.05) is 12.7 Å². The average molecular weight is 294 g/mol. The van der Waals surface area contributed by atoms with Gasteiger partial charge in [0.25, 0.3) is 0 Å². The van der Waals surface area contributed by atoms with E-state index in [4.69, 9.17) is 22.1 Å². The second-order valence-corrected chi connectivity index (χ2v) is 4.95. The molecule has 0 aliphatic carbocycles. The molecule has 106 valence electrons. The molecule has 1 aromatic heterocycles. The average Bonchev–Trinajstić information content (AvgIpc) is 2.62. The Morgan fingerprint density at radius 1 is 1.50 bits per heavy atom. The van der Waals surface area contributed by atoms with Gasteiger partial charge in [0.1, 0.15) is 12.4 Å². The molecule has 1 heterocycles. The van der Waals surface area contributed by atoms with Crippen LogP contribution in [0.2, 0.25) is 5.02 Å². The van der Waals surface area contributed by atoms with Gasteiger partial charge in [0.05, 0.1) is 22.0 Å². The summed E-state index contributed by atoms with van der Waals surface area (Å²) in [6.45, 7) is 3.54. The number of aryl methyl sites for hydroxylation is 2. The Morgan fingerprint density at radius 3 is 2.75 bits per heavy atom. The Kier molecular flexibility index (Phi) is 3.99. The third kappa shape index (κ3) is 2.77. The molecule has 1 aromatic carbocycles. The van der Waals surface area contributed by atoms with Gasteiger partial charge in [-0.25, -0.2) is 0 Å². The molecular formula is C14H16ClN3O2. The summed E-state index contributed by atoms with van der Waals surface area (Å²) in [4.78, 5) is 11.6. The normalized spacial score (nSPS) is 10.6. The van der Waals surface area contributed by atoms with Crippen LogP contribution in [0, 0.1) is 6.92 Å². The zero-order chi connectivity index (χ0) is 14.9. The zero-order valence-electron chi connectivity index (χ0n) is 11.6. The van der Waals surface area contributed by atoms with E-state index < -0.39 is 0 Å². The van der Waals surface area contributed by atoms with Crippen LogP contribution in [0.15, 0.2) is 18.2 Å². The monoisotopic (exact) mass is 293 g/mol. The summed E-state index contributed by atoms with van der Waals surface area (Å²) in [5.74, 6) is 0.390. The number of benzene rings is 1. The van der Waals surface area contributed by atoms with Gasteiger partial charge in [-0.2, -0.15) is 5.10 Å². The van der Waals surface area contributed by atoms with Crippen molar-refractivity contribution in [1.29, 1.82) is 0 Å². The minimum absolute atomic E-state index is 0.0976. The summed E-state index contributed by atoms with van der Waals surface area (Å²) in [6, 6.07) is 4.98. The predicted molar refractivity (Wildman–Crippen MR) is 78.1 cm³/mol. The van der Waals surface area contributed by atoms with Crippen LogP contribution in [0.25, 0.3) is 0 Å². The Balaban J connectivity index is 2.25. The number of ketones is 1. The number of ether oxygens (including phenoxy) is 1. The number of rotatable bonds is 4. The summed E-state index contributed by atoms with van der Waals surface area (Å²) in [5, 5.41) is 4.79. The largest absolute Gasteiger partial charge is 0.486 e. The van der Waals surface area contributed by atoms with E-state index >= 15 is 0 Å². The highest BCUT2D eigenvalue weighted by molar-refractivity contribution is 6.31. The number of carbonyl (C=O) groups excluding carboxylic acids is 1. The molecule has 0 spiro atoms. The molecule has 2 rings (SSSR count). The molecule has 5 nitrogen and oxygen atoms in total. The maximum Gasteiger partial charge on any atom is 0.163 e. The van der Waals surface area contributed by atoms with Crippen molar-refractivity contribution in [3.8, 4) is 5.75 Å². The van der Waals surface area contributed by atoms with Crippen molar-refractivity contribution in [1.82, 2.24) is 9.78 Å². The quantitative estimate of drug-likeness (QED) is 0.695. The van der Waals surface area contributed by atoms with Gasteiger partial charge in [0.15, 0.2) is 5.78 Å². The van der Waals surface area contributed by atoms with Gasteiger partial charge in [-0.3, -0.25) is 9.48 Å². The van der Waals surface area contributed by atoms with Crippen molar-refractivity contribution in [2.24, 2.45) is 7.05 Å². The third-order valence-electron chi connectivity index (χ3n) is 3.01. The Morgan fingerprint density at radius 2 is 2.20 bits per heavy atom. The number of halogens is 1. The van der Waals surface area contributed by atoms with Crippen LogP contribution in [-0.4, -0.2) is 15.6 Å². The number of Topliss-reactive ketones (excluding diaryl/α,β-unsaturated/α-hetero) is 1. The van der Waals surface area contributed by atoms with E-state index in [2.05, 4.69) is 5.10 Å². The maximum absolute atomic E-state index is 11.6. The van der Waals surface area contributed by atoms with E-state index in [1.165, 1.54) is 6.92 Å². The minimum Gasteiger partial charge on any atom is -0.486 e. The summed E-state index contributed by atoms with van der Waals surface area (Å²) in [6.07, 6.45) is 0. The molecule has 0 amide bonds. The van der Waals surface area contributed by atoms with E-state index in [9.17, 15) is 4.79 Å². The number of aromatic nitrogens is 2. The van der Waals surface area contributed by atoms with Crippen LogP contribution < -0.4 is 10.5 Å². The van der Waals surface area contributed by atoms with E-state index in [1.54, 1.807) is 29.9 Å². The molecular weight excluding hydrogens is 278 g/mol. The molecule has 0 aliphatic heterocycles. The van der Waals surface area contributed by atoms with Gasteiger partial charge in [-0.15, -0.1) is 0 Å². The minimum atomic E-state index is -0.0976. The fourth-order valence-corrected chi connectivity index (χ4v) is 2.15. The van der Waals surface area contributed by atoms with E-state index in [0.29, 0.717) is 22.0 Å². The highest BCUT2D eigenvalue weighted by atomic mass is 35.5. The molecule has 0 fully saturated rings. The highest BCUT2D eigenvalue weighted by Gasteiger charge is 2.14. The second kappa shape index (κ2) is 5.54. The fourth-order valence-electron chi connectivity index (χ4n) is 1.93. The lowest BCUT2D eigenvalue weighted by molar-refractivity contribution is 0.101. The summed E-state index contributed by atoms with van der Waals surface area (Å²) >= 11 is 6.16. The van der Waals surface area contributed by atoms with Crippen molar-refractivity contribution in [2.45, 2.75) is 20.5 Å². The van der Waals surface area contributed by atoms with Crippen LogP contribution in [0.3, 0.4) is 0 Å². The summed E-state index contributed by atoms with van der Waals surface area (Å²) in [7, 11) is 1.80. The smallest absolute Gasteiger partial charge is 0.163 e. The fraction of sp³-hybridized carbons (Fsp3) is 0.286. The molecule has 2 N–H and O–H groups in total. The first kappa shape index (κ1) is 14.4. The van der Waals surface area contributed by atoms with Crippen molar-refractivity contribution in [2.75, 3.05) is 5.73 Å². The Hall–Kier alpha value is -2.01. The zero-order valence-corrected chi connectivity index (χ0v) is 12.4. The first-order valence-electron chi connectivity index (χ1n) is 6.11. The second-order valence-electron chi connectivity index (χ2n) is 4.57. The van der Waals surface area contributed by atoms with Gasteiger partial charge >= 0.3 is 0 Å². The summed E-state index contributed by atoms with van der Waals surface area (Å²) in [5.41, 5.74) is 8.17. The molecule has 0 saturated carbocycles. The molecule has 0 unspecified atom stereocenters. The first-order chi connectivity index (χ1) is 9.40. The maximum atomic E-state index is 11.6. The van der Waals surface area contributed by atoms with Crippen molar-refractivity contribution in [3.05, 3.63) is 40.2 Å². The van der Waals surface area contributed by atoms with Crippen LogP contribution in [0.5, 0.6) is 5.75 Å².